The van der Waals surface area contributed by atoms with Crippen molar-refractivity contribution in [2.45, 2.75) is 13.2 Å². The van der Waals surface area contributed by atoms with Crippen LogP contribution in [0.4, 0.5) is 0 Å². The van der Waals surface area contributed by atoms with Gasteiger partial charge >= 0.3 is 0 Å². The molecule has 0 fully saturated rings. The molecule has 0 spiro atoms. The maximum Gasteiger partial charge on any atom is 0.228 e. The van der Waals surface area contributed by atoms with E-state index in [-0.39, 0.29) is 0 Å². The summed E-state index contributed by atoms with van der Waals surface area (Å²) in [6.07, 6.45) is 3.40. The van der Waals surface area contributed by atoms with Crippen LogP contribution in [0.3, 0.4) is 0 Å². The zero-order valence-corrected chi connectivity index (χ0v) is 17.1. The Labute approximate surface area is 177 Å². The number of halogens is 1. The van der Waals surface area contributed by atoms with Crippen molar-refractivity contribution in [3.63, 3.8) is 0 Å². The quantitative estimate of drug-likeness (QED) is 0.376. The fourth-order valence-electron chi connectivity index (χ4n) is 2.69. The molecule has 2 aromatic heterocycles. The van der Waals surface area contributed by atoms with E-state index in [9.17, 15) is 0 Å². The summed E-state index contributed by atoms with van der Waals surface area (Å²) in [5.41, 5.74) is 2.83. The van der Waals surface area contributed by atoms with Crippen molar-refractivity contribution >= 4 is 15.9 Å². The van der Waals surface area contributed by atoms with Gasteiger partial charge in [0.05, 0.1) is 10.0 Å². The van der Waals surface area contributed by atoms with Crippen LogP contribution < -0.4 is 9.47 Å². The predicted molar refractivity (Wildman–Crippen MR) is 115 cm³/mol. The van der Waals surface area contributed by atoms with Crippen molar-refractivity contribution in [1.82, 2.24) is 15.0 Å². The Bertz CT molecular complexity index is 1060. The van der Waals surface area contributed by atoms with E-state index in [1.807, 2.05) is 66.7 Å². The minimum Gasteiger partial charge on any atom is -0.473 e. The normalized spacial score (nSPS) is 10.5. The number of hydrogen-bond donors (Lipinski definition) is 0. The predicted octanol–water partition coefficient (Wildman–Crippen LogP) is 5.46. The van der Waals surface area contributed by atoms with E-state index in [4.69, 9.17) is 9.47 Å². The lowest BCUT2D eigenvalue weighted by Gasteiger charge is -2.12. The van der Waals surface area contributed by atoms with Crippen LogP contribution in [0.15, 0.2) is 89.7 Å². The van der Waals surface area contributed by atoms with Gasteiger partial charge < -0.3 is 9.47 Å². The highest BCUT2D eigenvalue weighted by Gasteiger charge is 2.13. The summed E-state index contributed by atoms with van der Waals surface area (Å²) in [5, 5.41) is 0. The molecule has 0 saturated heterocycles. The van der Waals surface area contributed by atoms with E-state index >= 15 is 0 Å². The zero-order valence-electron chi connectivity index (χ0n) is 15.5. The van der Waals surface area contributed by atoms with Gasteiger partial charge in [0.15, 0.2) is 5.82 Å². The van der Waals surface area contributed by atoms with Crippen molar-refractivity contribution in [3.05, 3.63) is 101 Å². The minimum atomic E-state index is 0.388. The number of ether oxygens (including phenoxy) is 2. The Kier molecular flexibility index (Phi) is 6.12. The molecular weight excluding hydrogens is 430 g/mol. The van der Waals surface area contributed by atoms with Crippen molar-refractivity contribution in [1.29, 1.82) is 0 Å². The highest BCUT2D eigenvalue weighted by molar-refractivity contribution is 9.10. The lowest BCUT2D eigenvalue weighted by atomic mass is 10.2. The van der Waals surface area contributed by atoms with Gasteiger partial charge in [-0.25, -0.2) is 9.97 Å². The summed E-state index contributed by atoms with van der Waals surface area (Å²) in [4.78, 5) is 13.3. The number of aromatic nitrogens is 3. The summed E-state index contributed by atoms with van der Waals surface area (Å²) >= 11 is 3.36. The van der Waals surface area contributed by atoms with Crippen LogP contribution in [0.2, 0.25) is 0 Å². The minimum absolute atomic E-state index is 0.388. The molecule has 0 unspecified atom stereocenters. The summed E-state index contributed by atoms with van der Waals surface area (Å²) < 4.78 is 12.7. The third-order valence-electron chi connectivity index (χ3n) is 4.14. The molecule has 4 aromatic rings. The SMILES string of the molecule is Brc1cnc(-c2ccc(OCc3ccccc3)nc2OCc2ccccc2)nc1. The second-order valence-corrected chi connectivity index (χ2v) is 7.19. The summed E-state index contributed by atoms with van der Waals surface area (Å²) in [5.74, 6) is 1.46. The zero-order chi connectivity index (χ0) is 19.9. The van der Waals surface area contributed by atoms with E-state index in [1.165, 1.54) is 0 Å². The Balaban J connectivity index is 1.58. The van der Waals surface area contributed by atoms with Crippen LogP contribution in [0.1, 0.15) is 11.1 Å². The number of pyridine rings is 1. The van der Waals surface area contributed by atoms with Crippen LogP contribution >= 0.6 is 15.9 Å². The van der Waals surface area contributed by atoms with Gasteiger partial charge in [-0.3, -0.25) is 0 Å². The molecule has 6 heteroatoms. The molecule has 29 heavy (non-hydrogen) atoms. The van der Waals surface area contributed by atoms with Gasteiger partial charge in [-0.15, -0.1) is 0 Å². The lowest BCUT2D eigenvalue weighted by molar-refractivity contribution is 0.268. The molecule has 0 N–H and O–H groups in total. The van der Waals surface area contributed by atoms with Gasteiger partial charge in [-0.2, -0.15) is 4.98 Å². The Morgan fingerprint density at radius 3 is 1.90 bits per heavy atom. The third-order valence-corrected chi connectivity index (χ3v) is 4.55. The fraction of sp³-hybridized carbons (Fsp3) is 0.0870. The van der Waals surface area contributed by atoms with Crippen LogP contribution in [-0.4, -0.2) is 15.0 Å². The average molecular weight is 448 g/mol. The van der Waals surface area contributed by atoms with E-state index in [0.717, 1.165) is 15.6 Å². The molecule has 4 rings (SSSR count). The fourth-order valence-corrected chi connectivity index (χ4v) is 2.90. The third kappa shape index (κ3) is 5.18. The smallest absolute Gasteiger partial charge is 0.228 e. The van der Waals surface area contributed by atoms with Gasteiger partial charge in [0.25, 0.3) is 0 Å². The van der Waals surface area contributed by atoms with Gasteiger partial charge in [0.2, 0.25) is 11.8 Å². The monoisotopic (exact) mass is 447 g/mol. The molecule has 5 nitrogen and oxygen atoms in total. The van der Waals surface area contributed by atoms with Crippen molar-refractivity contribution in [2.75, 3.05) is 0 Å². The molecular formula is C23H18BrN3O2. The summed E-state index contributed by atoms with van der Waals surface area (Å²) in [6, 6.07) is 23.6. The second-order valence-electron chi connectivity index (χ2n) is 6.28. The molecule has 0 bridgehead atoms. The lowest BCUT2D eigenvalue weighted by Crippen LogP contribution is -2.03. The molecule has 0 aliphatic heterocycles. The number of hydrogen-bond acceptors (Lipinski definition) is 5. The van der Waals surface area contributed by atoms with Crippen molar-refractivity contribution in [2.24, 2.45) is 0 Å². The van der Waals surface area contributed by atoms with Crippen LogP contribution in [0.25, 0.3) is 11.4 Å². The molecule has 0 radical (unpaired) electrons. The van der Waals surface area contributed by atoms with Crippen molar-refractivity contribution in [3.8, 4) is 23.1 Å². The molecule has 0 atom stereocenters. The van der Waals surface area contributed by atoms with E-state index < -0.39 is 0 Å². The molecule has 0 aliphatic carbocycles. The topological polar surface area (TPSA) is 57.1 Å². The van der Waals surface area contributed by atoms with Gasteiger partial charge in [0.1, 0.15) is 13.2 Å². The van der Waals surface area contributed by atoms with Gasteiger partial charge in [-0.05, 0) is 33.1 Å². The Morgan fingerprint density at radius 1 is 0.690 bits per heavy atom. The largest absolute Gasteiger partial charge is 0.473 e. The second kappa shape index (κ2) is 9.30. The number of nitrogens with zero attached hydrogens (tertiary/aromatic N) is 3. The molecule has 2 heterocycles. The highest BCUT2D eigenvalue weighted by atomic mass is 79.9. The molecule has 0 saturated carbocycles. The highest BCUT2D eigenvalue weighted by Crippen LogP contribution is 2.29. The van der Waals surface area contributed by atoms with E-state index in [2.05, 4.69) is 30.9 Å². The maximum absolute atomic E-state index is 6.02. The first-order chi connectivity index (χ1) is 14.3. The van der Waals surface area contributed by atoms with Crippen LogP contribution in [0.5, 0.6) is 11.8 Å². The molecule has 0 amide bonds. The first kappa shape index (κ1) is 19.1. The molecule has 0 aliphatic rings. The van der Waals surface area contributed by atoms with E-state index in [0.29, 0.717) is 36.4 Å². The maximum atomic E-state index is 6.02. The Morgan fingerprint density at radius 2 is 1.28 bits per heavy atom. The molecule has 2 aromatic carbocycles. The average Bonchev–Trinajstić information content (AvgIpc) is 2.78. The molecule has 144 valence electrons. The summed E-state index contributed by atoms with van der Waals surface area (Å²) in [7, 11) is 0. The first-order valence-corrected chi connectivity index (χ1v) is 9.89. The standard InChI is InChI=1S/C23H18BrN3O2/c24-19-13-25-22(26-14-19)20-11-12-21(28-15-17-7-3-1-4-8-17)27-23(20)29-16-18-9-5-2-6-10-18/h1-14H,15-16H2. The first-order valence-electron chi connectivity index (χ1n) is 9.10. The van der Waals surface area contributed by atoms with Gasteiger partial charge in [0, 0.05) is 18.5 Å². The van der Waals surface area contributed by atoms with Gasteiger partial charge in [-0.1, -0.05) is 60.7 Å². The van der Waals surface area contributed by atoms with Crippen molar-refractivity contribution < 1.29 is 9.47 Å². The van der Waals surface area contributed by atoms with Crippen LogP contribution in [-0.2, 0) is 13.2 Å². The number of benzene rings is 2. The van der Waals surface area contributed by atoms with E-state index in [1.54, 1.807) is 18.5 Å². The Hall–Kier alpha value is -3.25. The number of rotatable bonds is 7. The summed E-state index contributed by atoms with van der Waals surface area (Å²) in [6.45, 7) is 0.819. The van der Waals surface area contributed by atoms with Crippen LogP contribution in [0, 0.1) is 0 Å².